The average Bonchev–Trinajstić information content (AvgIpc) is 2.75. The normalized spacial score (nSPS) is 16.0. The number of nitrogens with one attached hydrogen (secondary N) is 2. The number of benzene rings is 2. The van der Waals surface area contributed by atoms with E-state index in [0.717, 1.165) is 28.4 Å². The molecule has 0 aromatic heterocycles. The summed E-state index contributed by atoms with van der Waals surface area (Å²) in [6.45, 7) is 4.79. The van der Waals surface area contributed by atoms with Crippen LogP contribution in [-0.4, -0.2) is 24.3 Å². The van der Waals surface area contributed by atoms with Crippen LogP contribution in [0.5, 0.6) is 5.75 Å². The summed E-state index contributed by atoms with van der Waals surface area (Å²) in [4.78, 5) is 13.1. The molecule has 0 saturated heterocycles. The van der Waals surface area contributed by atoms with Crippen LogP contribution in [0.1, 0.15) is 43.9 Å². The lowest BCUT2D eigenvalue weighted by Crippen LogP contribution is -2.45. The Bertz CT molecular complexity index is 947. The number of rotatable bonds is 8. The van der Waals surface area contributed by atoms with Crippen molar-refractivity contribution in [2.75, 3.05) is 13.2 Å². The first kappa shape index (κ1) is 22.3. The first-order chi connectivity index (χ1) is 14.5. The summed E-state index contributed by atoms with van der Waals surface area (Å²) in [5.74, 6) is 0.311. The highest BCUT2D eigenvalue weighted by molar-refractivity contribution is 9.10. The van der Waals surface area contributed by atoms with Crippen LogP contribution in [-0.2, 0) is 9.53 Å². The van der Waals surface area contributed by atoms with Gasteiger partial charge in [0.25, 0.3) is 0 Å². The largest absolute Gasteiger partial charge is 0.493 e. The molecule has 2 aromatic rings. The molecule has 0 fully saturated rings. The van der Waals surface area contributed by atoms with E-state index in [-0.39, 0.29) is 6.61 Å². The first-order valence-electron chi connectivity index (χ1n) is 10.0. The quantitative estimate of drug-likeness (QED) is 0.305. The molecule has 5 nitrogen and oxygen atoms in total. The molecule has 3 rings (SSSR count). The Balaban J connectivity index is 2.15. The Morgan fingerprint density at radius 2 is 1.93 bits per heavy atom. The Hall–Kier alpha value is -2.38. The van der Waals surface area contributed by atoms with Crippen LogP contribution in [0.4, 0.5) is 0 Å². The molecule has 0 bridgehead atoms. The summed E-state index contributed by atoms with van der Waals surface area (Å²) in [6.07, 6.45) is 1.98. The van der Waals surface area contributed by atoms with Gasteiger partial charge in [0.1, 0.15) is 5.75 Å². The van der Waals surface area contributed by atoms with Crippen molar-refractivity contribution in [2.45, 2.75) is 32.7 Å². The number of carbonyl (C=O) groups excluding carboxylic acids is 1. The predicted octanol–water partition coefficient (Wildman–Crippen LogP) is 5.12. The van der Waals surface area contributed by atoms with E-state index in [0.29, 0.717) is 28.7 Å². The lowest BCUT2D eigenvalue weighted by Gasteiger charge is -2.32. The van der Waals surface area contributed by atoms with Crippen LogP contribution in [0.15, 0.2) is 58.6 Å². The maximum Gasteiger partial charge on any atom is 0.338 e. The zero-order chi connectivity index (χ0) is 21.5. The standard InChI is InChI=1S/C23H25BrN2O3S/c1-3-5-13-29-18-12-11-16(24)14-17(18)21-19(22(27)28-4-2)20(25-23(30)26-21)15-9-7-6-8-10-15/h6-12,14,21H,3-5,13H2,1-2H3,(H2,25,26,30). The monoisotopic (exact) mass is 488 g/mol. The summed E-state index contributed by atoms with van der Waals surface area (Å²) in [7, 11) is 0. The first-order valence-corrected chi connectivity index (χ1v) is 11.2. The average molecular weight is 489 g/mol. The molecule has 1 unspecified atom stereocenters. The summed E-state index contributed by atoms with van der Waals surface area (Å²) in [5, 5.41) is 6.83. The van der Waals surface area contributed by atoms with Crippen LogP contribution in [0.2, 0.25) is 0 Å². The molecule has 1 heterocycles. The van der Waals surface area contributed by atoms with E-state index in [4.69, 9.17) is 21.7 Å². The van der Waals surface area contributed by atoms with Crippen molar-refractivity contribution in [1.29, 1.82) is 0 Å². The number of unbranched alkanes of at least 4 members (excludes halogenated alkanes) is 1. The van der Waals surface area contributed by atoms with E-state index in [1.165, 1.54) is 0 Å². The van der Waals surface area contributed by atoms with Crippen LogP contribution in [0.3, 0.4) is 0 Å². The molecule has 1 atom stereocenters. The van der Waals surface area contributed by atoms with Crippen LogP contribution in [0, 0.1) is 0 Å². The molecule has 2 N–H and O–H groups in total. The third-order valence-electron chi connectivity index (χ3n) is 4.67. The zero-order valence-electron chi connectivity index (χ0n) is 17.0. The topological polar surface area (TPSA) is 59.6 Å². The molecule has 7 heteroatoms. The van der Waals surface area contributed by atoms with Gasteiger partial charge in [0.15, 0.2) is 5.11 Å². The second kappa shape index (κ2) is 10.6. The highest BCUT2D eigenvalue weighted by atomic mass is 79.9. The number of thiocarbonyl (C=S) groups is 1. The molecule has 0 saturated carbocycles. The summed E-state index contributed by atoms with van der Waals surface area (Å²) >= 11 is 9.03. The Morgan fingerprint density at radius 1 is 1.17 bits per heavy atom. The number of halogens is 1. The fourth-order valence-corrected chi connectivity index (χ4v) is 3.86. The molecule has 158 valence electrons. The van der Waals surface area contributed by atoms with E-state index in [1.54, 1.807) is 6.92 Å². The van der Waals surface area contributed by atoms with Gasteiger partial charge in [-0.15, -0.1) is 0 Å². The van der Waals surface area contributed by atoms with Crippen molar-refractivity contribution in [3.63, 3.8) is 0 Å². The minimum Gasteiger partial charge on any atom is -0.493 e. The lowest BCUT2D eigenvalue weighted by molar-refractivity contribution is -0.138. The molecule has 0 radical (unpaired) electrons. The minimum absolute atomic E-state index is 0.278. The predicted molar refractivity (Wildman–Crippen MR) is 126 cm³/mol. The number of ether oxygens (including phenoxy) is 2. The smallest absolute Gasteiger partial charge is 0.338 e. The van der Waals surface area contributed by atoms with Crippen LogP contribution >= 0.6 is 28.1 Å². The van der Waals surface area contributed by atoms with Gasteiger partial charge in [-0.2, -0.15) is 0 Å². The van der Waals surface area contributed by atoms with Crippen molar-refractivity contribution < 1.29 is 14.3 Å². The second-order valence-corrected chi connectivity index (χ2v) is 8.11. The minimum atomic E-state index is -0.512. The highest BCUT2D eigenvalue weighted by Gasteiger charge is 2.34. The molecule has 0 amide bonds. The van der Waals surface area contributed by atoms with Crippen molar-refractivity contribution >= 4 is 44.9 Å². The van der Waals surface area contributed by atoms with Crippen molar-refractivity contribution in [2.24, 2.45) is 0 Å². The van der Waals surface area contributed by atoms with Gasteiger partial charge in [-0.25, -0.2) is 4.79 Å². The van der Waals surface area contributed by atoms with E-state index < -0.39 is 12.0 Å². The van der Waals surface area contributed by atoms with Gasteiger partial charge in [-0.3, -0.25) is 0 Å². The zero-order valence-corrected chi connectivity index (χ0v) is 19.4. The van der Waals surface area contributed by atoms with Crippen LogP contribution < -0.4 is 15.4 Å². The molecule has 2 aromatic carbocycles. The van der Waals surface area contributed by atoms with Gasteiger partial charge in [0.2, 0.25) is 0 Å². The van der Waals surface area contributed by atoms with E-state index in [1.807, 2.05) is 48.5 Å². The van der Waals surface area contributed by atoms with Gasteiger partial charge < -0.3 is 20.1 Å². The maximum atomic E-state index is 13.1. The lowest BCUT2D eigenvalue weighted by atomic mass is 9.92. The van der Waals surface area contributed by atoms with Gasteiger partial charge in [0, 0.05) is 10.0 Å². The highest BCUT2D eigenvalue weighted by Crippen LogP contribution is 2.37. The molecular weight excluding hydrogens is 464 g/mol. The van der Waals surface area contributed by atoms with Crippen molar-refractivity contribution in [3.8, 4) is 5.75 Å². The van der Waals surface area contributed by atoms with Crippen molar-refractivity contribution in [3.05, 3.63) is 69.7 Å². The number of hydrogen-bond donors (Lipinski definition) is 2. The number of hydrogen-bond acceptors (Lipinski definition) is 4. The third-order valence-corrected chi connectivity index (χ3v) is 5.38. The van der Waals surface area contributed by atoms with Crippen LogP contribution in [0.25, 0.3) is 5.70 Å². The Labute approximate surface area is 191 Å². The Kier molecular flexibility index (Phi) is 7.87. The fraction of sp³-hybridized carbons (Fsp3) is 0.304. The van der Waals surface area contributed by atoms with Gasteiger partial charge in [-0.05, 0) is 49.3 Å². The Morgan fingerprint density at radius 3 is 2.63 bits per heavy atom. The van der Waals surface area contributed by atoms with Gasteiger partial charge >= 0.3 is 5.97 Å². The second-order valence-electron chi connectivity index (χ2n) is 6.79. The van der Waals surface area contributed by atoms with Crippen molar-refractivity contribution in [1.82, 2.24) is 10.6 Å². The summed E-state index contributed by atoms with van der Waals surface area (Å²) in [5.41, 5.74) is 2.79. The SMILES string of the molecule is CCCCOc1ccc(Br)cc1C1NC(=S)NC(c2ccccc2)=C1C(=O)OCC. The molecular formula is C23H25BrN2O3S. The van der Waals surface area contributed by atoms with Gasteiger partial charge in [-0.1, -0.05) is 59.6 Å². The molecule has 0 spiro atoms. The van der Waals surface area contributed by atoms with E-state index >= 15 is 0 Å². The van der Waals surface area contributed by atoms with Gasteiger partial charge in [0.05, 0.1) is 30.5 Å². The third kappa shape index (κ3) is 5.21. The molecule has 1 aliphatic rings. The number of esters is 1. The summed E-state index contributed by atoms with van der Waals surface area (Å²) < 4.78 is 12.4. The fourth-order valence-electron chi connectivity index (χ4n) is 3.26. The number of carbonyl (C=O) groups is 1. The molecule has 30 heavy (non-hydrogen) atoms. The summed E-state index contributed by atoms with van der Waals surface area (Å²) in [6, 6.07) is 14.9. The van der Waals surface area contributed by atoms with E-state index in [2.05, 4.69) is 33.5 Å². The molecule has 0 aliphatic carbocycles. The maximum absolute atomic E-state index is 13.1. The van der Waals surface area contributed by atoms with E-state index in [9.17, 15) is 4.79 Å². The molecule has 1 aliphatic heterocycles.